The van der Waals surface area contributed by atoms with Crippen LogP contribution in [0.15, 0.2) is 92.4 Å². The van der Waals surface area contributed by atoms with Crippen LogP contribution in [0, 0.1) is 0 Å². The molecule has 9 heteroatoms. The van der Waals surface area contributed by atoms with E-state index in [9.17, 15) is 26.7 Å². The second kappa shape index (κ2) is 7.16. The number of sulfone groups is 2. The van der Waals surface area contributed by atoms with Crippen molar-refractivity contribution < 1.29 is 31.5 Å². The monoisotopic (exact) mass is 479 g/mol. The Morgan fingerprint density at radius 1 is 0.909 bits per heavy atom. The van der Waals surface area contributed by atoms with Gasteiger partial charge >= 0.3 is 0 Å². The van der Waals surface area contributed by atoms with Crippen molar-refractivity contribution >= 4 is 42.0 Å². The van der Waals surface area contributed by atoms with Crippen molar-refractivity contribution in [2.24, 2.45) is 0 Å². The normalized spacial score (nSPS) is 19.4. The molecule has 0 aliphatic carbocycles. The molecule has 2 aliphatic heterocycles. The van der Waals surface area contributed by atoms with Gasteiger partial charge in [0.1, 0.15) is 10.7 Å². The Balaban J connectivity index is 1.58. The van der Waals surface area contributed by atoms with E-state index < -0.39 is 41.0 Å². The van der Waals surface area contributed by atoms with E-state index in [1.54, 1.807) is 30.3 Å². The number of Topliss-reactive ketones (excluding diaryl/α,β-unsaturated/α-hetero) is 1. The molecule has 0 fully saturated rings. The van der Waals surface area contributed by atoms with Gasteiger partial charge in [-0.05, 0) is 41.3 Å². The predicted molar refractivity (Wildman–Crippen MR) is 120 cm³/mol. The topological polar surface area (TPSA) is 118 Å². The van der Waals surface area contributed by atoms with Crippen molar-refractivity contribution in [1.82, 2.24) is 0 Å². The van der Waals surface area contributed by atoms with Crippen molar-refractivity contribution in [1.29, 1.82) is 0 Å². The van der Waals surface area contributed by atoms with Crippen LogP contribution in [0.1, 0.15) is 15.9 Å². The smallest absolute Gasteiger partial charge is 0.211 e. The Bertz CT molecular complexity index is 1690. The van der Waals surface area contributed by atoms with E-state index in [-0.39, 0.29) is 26.7 Å². The molecule has 0 atom stereocenters. The van der Waals surface area contributed by atoms with E-state index in [1.807, 2.05) is 0 Å². The molecule has 166 valence electrons. The molecule has 0 saturated heterocycles. The molecule has 3 aromatic rings. The number of carbonyl (C=O) groups excluding carboxylic acids is 1. The summed E-state index contributed by atoms with van der Waals surface area (Å²) in [5.74, 6) is -1.11. The Kier molecular flexibility index (Phi) is 4.59. The van der Waals surface area contributed by atoms with Crippen LogP contribution >= 0.6 is 0 Å². The Hall–Kier alpha value is -3.69. The lowest BCUT2D eigenvalue weighted by molar-refractivity contribution is -0.244. The zero-order chi connectivity index (χ0) is 23.5. The number of fused-ring (bicyclic) bond motifs is 4. The van der Waals surface area contributed by atoms with Crippen LogP contribution in [0.2, 0.25) is 0 Å². The standard InChI is InChI=1S/C24H16O7S2/c1-31-15-10-12-17-21(13-15)32(27,28)19(22(17)25)7-4-8-20-23(26)18-11-9-14-5-2-3-6-16(14)24(18)33(20,29)30/h2-13,25H,1H3/p-1. The van der Waals surface area contributed by atoms with E-state index in [0.29, 0.717) is 10.8 Å². The maximum atomic E-state index is 13.1. The minimum atomic E-state index is -4.12. The van der Waals surface area contributed by atoms with Gasteiger partial charge in [0.05, 0.1) is 21.8 Å². The Labute approximate surface area is 189 Å². The number of rotatable bonds is 3. The summed E-state index contributed by atoms with van der Waals surface area (Å²) in [5, 5.41) is 13.8. The third-order valence-electron chi connectivity index (χ3n) is 5.64. The van der Waals surface area contributed by atoms with Crippen LogP contribution < -0.4 is 9.84 Å². The fraction of sp³-hybridized carbons (Fsp3) is 0.0417. The average Bonchev–Trinajstić information content (AvgIpc) is 3.12. The summed E-state index contributed by atoms with van der Waals surface area (Å²) in [6, 6.07) is 14.1. The molecule has 7 nitrogen and oxygen atoms in total. The predicted octanol–water partition coefficient (Wildman–Crippen LogP) is 2.77. The zero-order valence-corrected chi connectivity index (χ0v) is 18.7. The first-order valence-corrected chi connectivity index (χ1v) is 12.7. The highest BCUT2D eigenvalue weighted by atomic mass is 32.2. The summed E-state index contributed by atoms with van der Waals surface area (Å²) in [7, 11) is -6.86. The van der Waals surface area contributed by atoms with Gasteiger partial charge in [-0.1, -0.05) is 48.2 Å². The molecule has 0 aromatic heterocycles. The summed E-state index contributed by atoms with van der Waals surface area (Å²) >= 11 is 0. The summed E-state index contributed by atoms with van der Waals surface area (Å²) in [6.45, 7) is 0. The fourth-order valence-corrected chi connectivity index (χ4v) is 7.37. The molecule has 0 N–H and O–H groups in total. The second-order valence-electron chi connectivity index (χ2n) is 7.44. The number of hydrogen-bond acceptors (Lipinski definition) is 7. The molecule has 0 amide bonds. The van der Waals surface area contributed by atoms with Gasteiger partial charge in [-0.15, -0.1) is 0 Å². The lowest BCUT2D eigenvalue weighted by atomic mass is 10.0. The molecule has 33 heavy (non-hydrogen) atoms. The number of allylic oxidation sites excluding steroid dienone is 4. The number of carbonyl (C=O) groups is 1. The van der Waals surface area contributed by atoms with E-state index in [1.165, 1.54) is 31.4 Å². The van der Waals surface area contributed by atoms with Crippen molar-refractivity contribution in [3.8, 4) is 5.75 Å². The maximum absolute atomic E-state index is 13.1. The van der Waals surface area contributed by atoms with Crippen molar-refractivity contribution in [3.63, 3.8) is 0 Å². The van der Waals surface area contributed by atoms with Gasteiger partial charge in [-0.3, -0.25) is 4.79 Å². The average molecular weight is 480 g/mol. The Morgan fingerprint density at radius 3 is 2.39 bits per heavy atom. The molecule has 0 radical (unpaired) electrons. The first-order valence-electron chi connectivity index (χ1n) is 9.72. The van der Waals surface area contributed by atoms with Gasteiger partial charge in [0.2, 0.25) is 25.5 Å². The molecular weight excluding hydrogens is 464 g/mol. The highest BCUT2D eigenvalue weighted by Gasteiger charge is 2.40. The first kappa shape index (κ1) is 21.2. The summed E-state index contributed by atoms with van der Waals surface area (Å²) in [5.41, 5.74) is 0.0663. The molecule has 0 unspecified atom stereocenters. The van der Waals surface area contributed by atoms with E-state index >= 15 is 0 Å². The second-order valence-corrected chi connectivity index (χ2v) is 11.2. The molecule has 0 bridgehead atoms. The van der Waals surface area contributed by atoms with Gasteiger partial charge < -0.3 is 9.84 Å². The number of benzene rings is 3. The van der Waals surface area contributed by atoms with Crippen LogP contribution in [0.25, 0.3) is 16.5 Å². The van der Waals surface area contributed by atoms with Crippen LogP contribution in [0.4, 0.5) is 0 Å². The van der Waals surface area contributed by atoms with Crippen LogP contribution in [-0.2, 0) is 19.7 Å². The minimum absolute atomic E-state index is 0.00606. The van der Waals surface area contributed by atoms with E-state index in [0.717, 1.165) is 18.2 Å². The maximum Gasteiger partial charge on any atom is 0.211 e. The van der Waals surface area contributed by atoms with Crippen LogP contribution in [0.3, 0.4) is 0 Å². The minimum Gasteiger partial charge on any atom is -0.871 e. The van der Waals surface area contributed by atoms with Crippen LogP contribution in [0.5, 0.6) is 5.75 Å². The van der Waals surface area contributed by atoms with Crippen molar-refractivity contribution in [3.05, 3.63) is 93.8 Å². The molecule has 2 heterocycles. The highest BCUT2D eigenvalue weighted by molar-refractivity contribution is 7.97. The SMILES string of the molecule is COc1ccc2c(c1)S(=O)(=O)C(C=CC=C1C(=O)c3ccc4ccccc4c3S1(=O)=O)=C2[O-]. The van der Waals surface area contributed by atoms with Gasteiger partial charge in [0, 0.05) is 10.9 Å². The molecule has 3 aromatic carbocycles. The third-order valence-corrected chi connectivity index (χ3v) is 9.33. The quantitative estimate of drug-likeness (QED) is 0.530. The number of ketones is 1. The van der Waals surface area contributed by atoms with Crippen molar-refractivity contribution in [2.75, 3.05) is 7.11 Å². The van der Waals surface area contributed by atoms with Gasteiger partial charge in [0.15, 0.2) is 0 Å². The first-order chi connectivity index (χ1) is 15.7. The van der Waals surface area contributed by atoms with E-state index in [4.69, 9.17) is 4.74 Å². The summed E-state index contributed by atoms with van der Waals surface area (Å²) in [6.07, 6.45) is 3.15. The summed E-state index contributed by atoms with van der Waals surface area (Å²) in [4.78, 5) is 11.6. The molecule has 5 rings (SSSR count). The zero-order valence-electron chi connectivity index (χ0n) is 17.1. The largest absolute Gasteiger partial charge is 0.871 e. The number of ether oxygens (including phenoxy) is 1. The highest BCUT2D eigenvalue weighted by Crippen LogP contribution is 2.40. The Morgan fingerprint density at radius 2 is 1.64 bits per heavy atom. The molecule has 2 aliphatic rings. The third kappa shape index (κ3) is 2.96. The van der Waals surface area contributed by atoms with Gasteiger partial charge in [-0.25, -0.2) is 16.8 Å². The lowest BCUT2D eigenvalue weighted by Crippen LogP contribution is -2.03. The van der Waals surface area contributed by atoms with Gasteiger partial charge in [-0.2, -0.15) is 0 Å². The molecule has 0 saturated carbocycles. The number of hydrogen-bond donors (Lipinski definition) is 0. The fourth-order valence-electron chi connectivity index (χ4n) is 4.04. The van der Waals surface area contributed by atoms with Crippen molar-refractivity contribution in [2.45, 2.75) is 9.79 Å². The van der Waals surface area contributed by atoms with E-state index in [2.05, 4.69) is 0 Å². The van der Waals surface area contributed by atoms with Gasteiger partial charge in [0.25, 0.3) is 0 Å². The lowest BCUT2D eigenvalue weighted by Gasteiger charge is -2.08. The molecular formula is C24H15O7S2-. The van der Waals surface area contributed by atoms with Crippen LogP contribution in [-0.4, -0.2) is 29.7 Å². The summed E-state index contributed by atoms with van der Waals surface area (Å²) < 4.78 is 57.0. The number of methoxy groups -OCH3 is 1. The molecule has 0 spiro atoms.